The fourth-order valence-corrected chi connectivity index (χ4v) is 1.69. The van der Waals surface area contributed by atoms with Crippen molar-refractivity contribution < 1.29 is 4.79 Å². The SMILES string of the molecule is Cc1cc(=O)n(CCNC(=O)/C=C/c2cccnc2)cn1. The lowest BCUT2D eigenvalue weighted by Crippen LogP contribution is -2.29. The lowest BCUT2D eigenvalue weighted by atomic mass is 10.2. The molecule has 0 radical (unpaired) electrons. The van der Waals surface area contributed by atoms with Gasteiger partial charge in [-0.05, 0) is 24.6 Å². The van der Waals surface area contributed by atoms with Crippen molar-refractivity contribution in [3.8, 4) is 0 Å². The minimum atomic E-state index is -0.216. The Hall–Kier alpha value is -2.76. The maximum Gasteiger partial charge on any atom is 0.253 e. The lowest BCUT2D eigenvalue weighted by Gasteiger charge is -2.05. The molecule has 0 fully saturated rings. The number of rotatable bonds is 5. The highest BCUT2D eigenvalue weighted by atomic mass is 16.1. The largest absolute Gasteiger partial charge is 0.351 e. The molecule has 0 saturated carbocycles. The second-order valence-corrected chi connectivity index (χ2v) is 4.47. The van der Waals surface area contributed by atoms with Crippen molar-refractivity contribution in [2.24, 2.45) is 0 Å². The van der Waals surface area contributed by atoms with Crippen LogP contribution in [0.3, 0.4) is 0 Å². The van der Waals surface area contributed by atoms with Gasteiger partial charge in [0.2, 0.25) is 5.91 Å². The summed E-state index contributed by atoms with van der Waals surface area (Å²) in [6.45, 7) is 2.51. The van der Waals surface area contributed by atoms with Crippen LogP contribution in [-0.2, 0) is 11.3 Å². The normalized spacial score (nSPS) is 10.7. The molecule has 6 heteroatoms. The van der Waals surface area contributed by atoms with E-state index in [0.717, 1.165) is 5.56 Å². The molecule has 2 aromatic heterocycles. The second kappa shape index (κ2) is 7.14. The van der Waals surface area contributed by atoms with Gasteiger partial charge >= 0.3 is 0 Å². The van der Waals surface area contributed by atoms with Gasteiger partial charge in [-0.2, -0.15) is 0 Å². The van der Waals surface area contributed by atoms with Crippen molar-refractivity contribution in [3.63, 3.8) is 0 Å². The van der Waals surface area contributed by atoms with Crippen LogP contribution in [0.1, 0.15) is 11.3 Å². The maximum atomic E-state index is 11.6. The van der Waals surface area contributed by atoms with E-state index >= 15 is 0 Å². The maximum absolute atomic E-state index is 11.6. The van der Waals surface area contributed by atoms with E-state index in [1.165, 1.54) is 23.0 Å². The number of amides is 1. The molecule has 0 aliphatic rings. The van der Waals surface area contributed by atoms with Crippen molar-refractivity contribution in [2.75, 3.05) is 6.54 Å². The molecule has 6 nitrogen and oxygen atoms in total. The van der Waals surface area contributed by atoms with Crippen LogP contribution in [0.15, 0.2) is 47.8 Å². The predicted molar refractivity (Wildman–Crippen MR) is 79.5 cm³/mol. The van der Waals surface area contributed by atoms with Crippen LogP contribution in [0, 0.1) is 6.92 Å². The average Bonchev–Trinajstić information content (AvgIpc) is 2.48. The van der Waals surface area contributed by atoms with Crippen LogP contribution < -0.4 is 10.9 Å². The first-order valence-corrected chi connectivity index (χ1v) is 6.54. The standard InChI is InChI=1S/C15H16N4O2/c1-12-9-15(21)19(11-18-12)8-7-17-14(20)5-4-13-3-2-6-16-10-13/h2-6,9-11H,7-8H2,1H3,(H,17,20)/b5-4+. The van der Waals surface area contributed by atoms with Gasteiger partial charge in [-0.1, -0.05) is 6.07 Å². The van der Waals surface area contributed by atoms with E-state index in [9.17, 15) is 9.59 Å². The summed E-state index contributed by atoms with van der Waals surface area (Å²) < 4.78 is 1.46. The molecule has 0 unspecified atom stereocenters. The molecule has 2 heterocycles. The highest BCUT2D eigenvalue weighted by Crippen LogP contribution is 1.97. The second-order valence-electron chi connectivity index (χ2n) is 4.47. The zero-order chi connectivity index (χ0) is 15.1. The first-order valence-electron chi connectivity index (χ1n) is 6.54. The van der Waals surface area contributed by atoms with Gasteiger partial charge in [0.15, 0.2) is 0 Å². The zero-order valence-electron chi connectivity index (χ0n) is 11.7. The third kappa shape index (κ3) is 4.68. The molecule has 1 N–H and O–H groups in total. The van der Waals surface area contributed by atoms with Gasteiger partial charge in [-0.15, -0.1) is 0 Å². The number of nitrogens with zero attached hydrogens (tertiary/aromatic N) is 3. The van der Waals surface area contributed by atoms with E-state index in [-0.39, 0.29) is 11.5 Å². The molecule has 108 valence electrons. The Kier molecular flexibility index (Phi) is 4.98. The van der Waals surface area contributed by atoms with Crippen molar-refractivity contribution >= 4 is 12.0 Å². The molecule has 2 rings (SSSR count). The van der Waals surface area contributed by atoms with Crippen molar-refractivity contribution in [3.05, 3.63) is 64.6 Å². The number of hydrogen-bond donors (Lipinski definition) is 1. The van der Waals surface area contributed by atoms with Gasteiger partial charge in [0.25, 0.3) is 5.56 Å². The fraction of sp³-hybridized carbons (Fsp3) is 0.200. The van der Waals surface area contributed by atoms with Crippen LogP contribution in [0.2, 0.25) is 0 Å². The van der Waals surface area contributed by atoms with Gasteiger partial charge in [0.1, 0.15) is 0 Å². The first kappa shape index (κ1) is 14.6. The van der Waals surface area contributed by atoms with E-state index in [0.29, 0.717) is 18.8 Å². The van der Waals surface area contributed by atoms with Crippen molar-refractivity contribution in [1.82, 2.24) is 19.9 Å². The zero-order valence-corrected chi connectivity index (χ0v) is 11.7. The summed E-state index contributed by atoms with van der Waals surface area (Å²) in [6, 6.07) is 5.12. The highest BCUT2D eigenvalue weighted by Gasteiger charge is 1.98. The molecule has 21 heavy (non-hydrogen) atoms. The summed E-state index contributed by atoms with van der Waals surface area (Å²) in [5.41, 5.74) is 1.41. The summed E-state index contributed by atoms with van der Waals surface area (Å²) in [6.07, 6.45) is 7.94. The molecule has 0 aliphatic heterocycles. The summed E-state index contributed by atoms with van der Waals surface area (Å²) in [4.78, 5) is 31.2. The van der Waals surface area contributed by atoms with Gasteiger partial charge in [-0.25, -0.2) is 4.98 Å². The Morgan fingerprint density at radius 1 is 1.48 bits per heavy atom. The minimum absolute atomic E-state index is 0.123. The van der Waals surface area contributed by atoms with Crippen LogP contribution in [0.5, 0.6) is 0 Å². The van der Waals surface area contributed by atoms with Crippen molar-refractivity contribution in [2.45, 2.75) is 13.5 Å². The molecule has 0 spiro atoms. The van der Waals surface area contributed by atoms with E-state index < -0.39 is 0 Å². The van der Waals surface area contributed by atoms with Gasteiger partial charge in [0, 0.05) is 43.3 Å². The minimum Gasteiger partial charge on any atom is -0.351 e. The lowest BCUT2D eigenvalue weighted by molar-refractivity contribution is -0.116. The summed E-state index contributed by atoms with van der Waals surface area (Å²) >= 11 is 0. The number of pyridine rings is 1. The van der Waals surface area contributed by atoms with Crippen LogP contribution in [0.25, 0.3) is 6.08 Å². The Balaban J connectivity index is 1.82. The average molecular weight is 284 g/mol. The molecular weight excluding hydrogens is 268 g/mol. The molecule has 2 aromatic rings. The fourth-order valence-electron chi connectivity index (χ4n) is 1.69. The summed E-state index contributed by atoms with van der Waals surface area (Å²) in [5.74, 6) is -0.216. The van der Waals surface area contributed by atoms with Crippen LogP contribution >= 0.6 is 0 Å². The molecular formula is C15H16N4O2. The third-order valence-corrected chi connectivity index (χ3v) is 2.78. The predicted octanol–water partition coefficient (Wildman–Crippen LogP) is 0.776. The number of aryl methyl sites for hydroxylation is 1. The quantitative estimate of drug-likeness (QED) is 0.823. The molecule has 0 aliphatic carbocycles. The van der Waals surface area contributed by atoms with Gasteiger partial charge in [0.05, 0.1) is 6.33 Å². The Labute approximate surface area is 122 Å². The third-order valence-electron chi connectivity index (χ3n) is 2.78. The molecule has 0 bridgehead atoms. The number of aromatic nitrogens is 3. The smallest absolute Gasteiger partial charge is 0.253 e. The number of carbonyl (C=O) groups is 1. The number of hydrogen-bond acceptors (Lipinski definition) is 4. The van der Waals surface area contributed by atoms with Crippen molar-refractivity contribution in [1.29, 1.82) is 0 Å². The Morgan fingerprint density at radius 2 is 2.33 bits per heavy atom. The van der Waals surface area contributed by atoms with E-state index in [2.05, 4.69) is 15.3 Å². The van der Waals surface area contributed by atoms with E-state index in [4.69, 9.17) is 0 Å². The first-order chi connectivity index (χ1) is 10.1. The molecule has 0 aromatic carbocycles. The van der Waals surface area contributed by atoms with Gasteiger partial charge < -0.3 is 5.32 Å². The van der Waals surface area contributed by atoms with Crippen LogP contribution in [-0.4, -0.2) is 27.0 Å². The molecule has 1 amide bonds. The monoisotopic (exact) mass is 284 g/mol. The Morgan fingerprint density at radius 3 is 3.05 bits per heavy atom. The number of carbonyl (C=O) groups excluding carboxylic acids is 1. The summed E-state index contributed by atoms with van der Waals surface area (Å²) in [5, 5.41) is 2.71. The van der Waals surface area contributed by atoms with E-state index in [1.54, 1.807) is 31.5 Å². The van der Waals surface area contributed by atoms with E-state index in [1.807, 2.05) is 6.07 Å². The highest BCUT2D eigenvalue weighted by molar-refractivity contribution is 5.91. The van der Waals surface area contributed by atoms with Crippen LogP contribution in [0.4, 0.5) is 0 Å². The number of nitrogens with one attached hydrogen (secondary N) is 1. The molecule has 0 atom stereocenters. The topological polar surface area (TPSA) is 76.9 Å². The Bertz CT molecular complexity index is 692. The molecule has 0 saturated heterocycles. The summed E-state index contributed by atoms with van der Waals surface area (Å²) in [7, 11) is 0. The van der Waals surface area contributed by atoms with Gasteiger partial charge in [-0.3, -0.25) is 19.1 Å².